The maximum absolute atomic E-state index is 4.66. The van der Waals surface area contributed by atoms with Crippen LogP contribution in [0.1, 0.15) is 5.56 Å². The maximum atomic E-state index is 4.66. The summed E-state index contributed by atoms with van der Waals surface area (Å²) in [5, 5.41) is 8.02. The number of rotatable bonds is 2. The summed E-state index contributed by atoms with van der Waals surface area (Å²) >= 11 is 0. The van der Waals surface area contributed by atoms with Gasteiger partial charge in [-0.2, -0.15) is 5.10 Å². The summed E-state index contributed by atoms with van der Waals surface area (Å²) in [7, 11) is 2.02. The first-order valence-electron chi connectivity index (χ1n) is 6.81. The molecule has 0 amide bonds. The molecule has 1 saturated heterocycles. The lowest BCUT2D eigenvalue weighted by molar-refractivity contribution is 0.581. The minimum Gasteiger partial charge on any atom is -0.353 e. The number of hydrogen-bond donors (Lipinski definition) is 1. The van der Waals surface area contributed by atoms with Crippen LogP contribution in [0.2, 0.25) is 0 Å². The maximum Gasteiger partial charge on any atom is 0.151 e. The molecule has 0 aliphatic carbocycles. The number of aromatic nitrogens is 2. The first-order chi connectivity index (χ1) is 9.24. The average Bonchev–Trinajstić information content (AvgIpc) is 2.82. The predicted octanol–water partition coefficient (Wildman–Crippen LogP) is 1.81. The van der Waals surface area contributed by atoms with E-state index in [-0.39, 0.29) is 0 Å². The number of aryl methyl sites for hydroxylation is 2. The van der Waals surface area contributed by atoms with Crippen molar-refractivity contribution in [2.75, 3.05) is 31.1 Å². The molecule has 3 rings (SSSR count). The lowest BCUT2D eigenvalue weighted by Crippen LogP contribution is -2.43. The van der Waals surface area contributed by atoms with Crippen LogP contribution in [-0.2, 0) is 7.05 Å². The van der Waals surface area contributed by atoms with E-state index in [0.29, 0.717) is 0 Å². The summed E-state index contributed by atoms with van der Waals surface area (Å²) in [6.45, 7) is 6.26. The van der Waals surface area contributed by atoms with Crippen LogP contribution in [0.5, 0.6) is 0 Å². The van der Waals surface area contributed by atoms with E-state index < -0.39 is 0 Å². The molecule has 1 fully saturated rings. The van der Waals surface area contributed by atoms with Crippen LogP contribution >= 0.6 is 0 Å². The van der Waals surface area contributed by atoms with Crippen molar-refractivity contribution in [3.8, 4) is 11.3 Å². The molecule has 19 heavy (non-hydrogen) atoms. The van der Waals surface area contributed by atoms with Crippen LogP contribution in [0.3, 0.4) is 0 Å². The largest absolute Gasteiger partial charge is 0.353 e. The van der Waals surface area contributed by atoms with E-state index in [1.807, 2.05) is 11.7 Å². The quantitative estimate of drug-likeness (QED) is 0.889. The molecule has 0 spiro atoms. The van der Waals surface area contributed by atoms with Crippen LogP contribution in [0.4, 0.5) is 5.82 Å². The Bertz CT molecular complexity index is 567. The van der Waals surface area contributed by atoms with Gasteiger partial charge in [0.05, 0.1) is 5.69 Å². The van der Waals surface area contributed by atoms with Crippen molar-refractivity contribution >= 4 is 5.82 Å². The van der Waals surface area contributed by atoms with Crippen molar-refractivity contribution < 1.29 is 0 Å². The molecule has 0 saturated carbocycles. The summed E-state index contributed by atoms with van der Waals surface area (Å²) in [5.74, 6) is 1.08. The fourth-order valence-corrected chi connectivity index (χ4v) is 2.58. The molecule has 0 atom stereocenters. The lowest BCUT2D eigenvalue weighted by Gasteiger charge is -2.27. The van der Waals surface area contributed by atoms with Gasteiger partial charge in [-0.15, -0.1) is 0 Å². The molecule has 4 heteroatoms. The van der Waals surface area contributed by atoms with Crippen LogP contribution in [0.15, 0.2) is 30.3 Å². The van der Waals surface area contributed by atoms with Gasteiger partial charge >= 0.3 is 0 Å². The van der Waals surface area contributed by atoms with E-state index in [1.54, 1.807) is 0 Å². The Hall–Kier alpha value is -1.81. The first-order valence-corrected chi connectivity index (χ1v) is 6.81. The van der Waals surface area contributed by atoms with Gasteiger partial charge in [0, 0.05) is 44.9 Å². The monoisotopic (exact) mass is 256 g/mol. The average molecular weight is 256 g/mol. The molecule has 1 aliphatic heterocycles. The fraction of sp³-hybridized carbons (Fsp3) is 0.400. The molecule has 1 N–H and O–H groups in total. The van der Waals surface area contributed by atoms with Gasteiger partial charge in [-0.3, -0.25) is 4.68 Å². The second-order valence-corrected chi connectivity index (χ2v) is 5.12. The van der Waals surface area contributed by atoms with E-state index in [1.165, 1.54) is 16.8 Å². The van der Waals surface area contributed by atoms with Crippen LogP contribution in [0.25, 0.3) is 11.3 Å². The van der Waals surface area contributed by atoms with Crippen molar-refractivity contribution in [1.29, 1.82) is 0 Å². The van der Waals surface area contributed by atoms with Gasteiger partial charge < -0.3 is 10.2 Å². The second-order valence-electron chi connectivity index (χ2n) is 5.12. The predicted molar refractivity (Wildman–Crippen MR) is 78.5 cm³/mol. The Kier molecular flexibility index (Phi) is 3.25. The van der Waals surface area contributed by atoms with E-state index in [2.05, 4.69) is 52.6 Å². The smallest absolute Gasteiger partial charge is 0.151 e. The van der Waals surface area contributed by atoms with Crippen molar-refractivity contribution in [2.24, 2.45) is 7.05 Å². The molecular weight excluding hydrogens is 236 g/mol. The van der Waals surface area contributed by atoms with Gasteiger partial charge in [0.2, 0.25) is 0 Å². The number of hydrogen-bond acceptors (Lipinski definition) is 3. The standard InChI is InChI=1S/C15H20N4/c1-12-4-3-5-13(10-12)14-11-15(17-18(14)2)19-8-6-16-7-9-19/h3-5,10-11,16H,6-9H2,1-2H3. The summed E-state index contributed by atoms with van der Waals surface area (Å²) in [6, 6.07) is 10.8. The Morgan fingerprint density at radius 2 is 1.95 bits per heavy atom. The van der Waals surface area contributed by atoms with Crippen LogP contribution in [-0.4, -0.2) is 36.0 Å². The Morgan fingerprint density at radius 1 is 1.16 bits per heavy atom. The van der Waals surface area contributed by atoms with Gasteiger partial charge in [-0.1, -0.05) is 23.8 Å². The number of anilines is 1. The van der Waals surface area contributed by atoms with Crippen molar-refractivity contribution in [3.63, 3.8) is 0 Å². The van der Waals surface area contributed by atoms with Crippen molar-refractivity contribution in [1.82, 2.24) is 15.1 Å². The first kappa shape index (κ1) is 12.2. The zero-order chi connectivity index (χ0) is 13.2. The number of nitrogens with one attached hydrogen (secondary N) is 1. The van der Waals surface area contributed by atoms with Crippen LogP contribution in [0, 0.1) is 6.92 Å². The summed E-state index contributed by atoms with van der Waals surface area (Å²) in [6.07, 6.45) is 0. The van der Waals surface area contributed by atoms with Gasteiger partial charge in [0.25, 0.3) is 0 Å². The van der Waals surface area contributed by atoms with Gasteiger partial charge in [0.1, 0.15) is 0 Å². The van der Waals surface area contributed by atoms with Crippen molar-refractivity contribution in [2.45, 2.75) is 6.92 Å². The molecule has 1 aromatic carbocycles. The minimum absolute atomic E-state index is 1.03. The Labute approximate surface area is 114 Å². The minimum atomic E-state index is 1.03. The zero-order valence-electron chi connectivity index (χ0n) is 11.6. The van der Waals surface area contributed by atoms with E-state index in [0.717, 1.165) is 32.0 Å². The van der Waals surface area contributed by atoms with Gasteiger partial charge in [-0.05, 0) is 13.0 Å². The fourth-order valence-electron chi connectivity index (χ4n) is 2.58. The third kappa shape index (κ3) is 2.49. The molecule has 2 aromatic rings. The second kappa shape index (κ2) is 5.05. The highest BCUT2D eigenvalue weighted by Gasteiger charge is 2.15. The third-order valence-corrected chi connectivity index (χ3v) is 3.62. The molecular formula is C15H20N4. The van der Waals surface area contributed by atoms with Gasteiger partial charge in [0.15, 0.2) is 5.82 Å². The van der Waals surface area contributed by atoms with Crippen molar-refractivity contribution in [3.05, 3.63) is 35.9 Å². The molecule has 1 aromatic heterocycles. The Morgan fingerprint density at radius 3 is 2.68 bits per heavy atom. The highest BCUT2D eigenvalue weighted by molar-refractivity contribution is 5.64. The Balaban J connectivity index is 1.92. The van der Waals surface area contributed by atoms with E-state index >= 15 is 0 Å². The molecule has 0 radical (unpaired) electrons. The summed E-state index contributed by atoms with van der Waals surface area (Å²) < 4.78 is 1.98. The molecule has 4 nitrogen and oxygen atoms in total. The molecule has 0 bridgehead atoms. The van der Waals surface area contributed by atoms with E-state index in [4.69, 9.17) is 0 Å². The number of nitrogens with zero attached hydrogens (tertiary/aromatic N) is 3. The highest BCUT2D eigenvalue weighted by atomic mass is 15.4. The topological polar surface area (TPSA) is 33.1 Å². The number of benzene rings is 1. The summed E-state index contributed by atoms with van der Waals surface area (Å²) in [5.41, 5.74) is 3.69. The van der Waals surface area contributed by atoms with E-state index in [9.17, 15) is 0 Å². The summed E-state index contributed by atoms with van der Waals surface area (Å²) in [4.78, 5) is 2.34. The molecule has 2 heterocycles. The molecule has 0 unspecified atom stereocenters. The zero-order valence-corrected chi connectivity index (χ0v) is 11.6. The number of piperazine rings is 1. The SMILES string of the molecule is Cc1cccc(-c2cc(N3CCNCC3)nn2C)c1. The van der Waals surface area contributed by atoms with Crippen LogP contribution < -0.4 is 10.2 Å². The van der Waals surface area contributed by atoms with Gasteiger partial charge in [-0.25, -0.2) is 0 Å². The normalized spacial score (nSPS) is 15.8. The molecule has 100 valence electrons. The molecule has 1 aliphatic rings. The third-order valence-electron chi connectivity index (χ3n) is 3.62. The lowest BCUT2D eigenvalue weighted by atomic mass is 10.1. The highest BCUT2D eigenvalue weighted by Crippen LogP contribution is 2.24.